The zero-order valence-electron chi connectivity index (χ0n) is 22.3. The first kappa shape index (κ1) is 28.8. The Bertz CT molecular complexity index is 1090. The molecular formula is C29H37BrN2O5S. The Labute approximate surface area is 238 Å². The minimum atomic E-state index is -0.664. The van der Waals surface area contributed by atoms with Crippen molar-refractivity contribution < 1.29 is 23.8 Å². The zero-order valence-corrected chi connectivity index (χ0v) is 24.7. The highest BCUT2D eigenvalue weighted by molar-refractivity contribution is 9.10. The molecule has 0 saturated carbocycles. The van der Waals surface area contributed by atoms with Crippen molar-refractivity contribution >= 4 is 39.7 Å². The summed E-state index contributed by atoms with van der Waals surface area (Å²) in [5.41, 5.74) is 0.427. The van der Waals surface area contributed by atoms with Crippen molar-refractivity contribution in [2.45, 2.75) is 81.7 Å². The lowest BCUT2D eigenvalue weighted by Crippen LogP contribution is -2.52. The number of hydrogen-bond acceptors (Lipinski definition) is 6. The predicted molar refractivity (Wildman–Crippen MR) is 153 cm³/mol. The summed E-state index contributed by atoms with van der Waals surface area (Å²) in [6.45, 7) is 6.72. The van der Waals surface area contributed by atoms with Crippen LogP contribution in [0.4, 0.5) is 4.79 Å². The van der Waals surface area contributed by atoms with Gasteiger partial charge in [0.15, 0.2) is 0 Å². The SMILES string of the molecule is CC(C)(C)OC(=O)N[C@H]1CCCCSc2cccc(c2)OC[C@@H]2C[C@H](OCc3ccc(Br)cc3)CN2C1=O. The molecule has 2 amide bonds. The summed E-state index contributed by atoms with van der Waals surface area (Å²) in [7, 11) is 0. The van der Waals surface area contributed by atoms with Crippen LogP contribution in [0.25, 0.3) is 0 Å². The molecule has 206 valence electrons. The number of benzene rings is 2. The molecule has 9 heteroatoms. The van der Waals surface area contributed by atoms with Crippen LogP contribution in [0.5, 0.6) is 5.75 Å². The fourth-order valence-electron chi connectivity index (χ4n) is 4.61. The first-order valence-corrected chi connectivity index (χ1v) is 15.0. The minimum absolute atomic E-state index is 0.113. The summed E-state index contributed by atoms with van der Waals surface area (Å²) in [5.74, 6) is 1.61. The lowest BCUT2D eigenvalue weighted by atomic mass is 10.1. The average Bonchev–Trinajstić information content (AvgIpc) is 3.27. The molecule has 0 radical (unpaired) electrons. The van der Waals surface area contributed by atoms with Gasteiger partial charge in [-0.25, -0.2) is 4.79 Å². The second-order valence-corrected chi connectivity index (χ2v) is 12.9. The molecule has 7 nitrogen and oxygen atoms in total. The zero-order chi connectivity index (χ0) is 27.1. The van der Waals surface area contributed by atoms with E-state index in [2.05, 4.69) is 33.4 Å². The Hall–Kier alpha value is -2.23. The molecule has 0 aromatic heterocycles. The standard InChI is InChI=1S/C29H37BrN2O5S/c1-29(2,3)37-28(34)31-26-9-4-5-14-38-25-8-6-7-23(16-25)36-19-22-15-24(17-32(22)27(26)33)35-18-20-10-12-21(30)13-11-20/h6-8,10-13,16,22,24,26H,4-5,9,14-15,17-19H2,1-3H3,(H,31,34)/t22-,24-,26-/m0/s1. The van der Waals surface area contributed by atoms with Crippen molar-refractivity contribution in [3.8, 4) is 5.75 Å². The van der Waals surface area contributed by atoms with E-state index < -0.39 is 17.7 Å². The highest BCUT2D eigenvalue weighted by Gasteiger charge is 2.39. The topological polar surface area (TPSA) is 77.1 Å². The van der Waals surface area contributed by atoms with Gasteiger partial charge in [0.05, 0.1) is 18.8 Å². The Morgan fingerprint density at radius 3 is 2.74 bits per heavy atom. The smallest absolute Gasteiger partial charge is 0.408 e. The van der Waals surface area contributed by atoms with Crippen LogP contribution in [0, 0.1) is 0 Å². The number of carbonyl (C=O) groups excluding carboxylic acids is 2. The maximum absolute atomic E-state index is 13.9. The quantitative estimate of drug-likeness (QED) is 0.449. The highest BCUT2D eigenvalue weighted by Crippen LogP contribution is 2.28. The number of nitrogens with one attached hydrogen (secondary N) is 1. The Kier molecular flexibility index (Phi) is 10.0. The van der Waals surface area contributed by atoms with Gasteiger partial charge >= 0.3 is 6.09 Å². The first-order chi connectivity index (χ1) is 18.2. The van der Waals surface area contributed by atoms with Gasteiger partial charge in [-0.05, 0) is 81.7 Å². The summed E-state index contributed by atoms with van der Waals surface area (Å²) < 4.78 is 18.9. The fourth-order valence-corrected chi connectivity index (χ4v) is 5.83. The van der Waals surface area contributed by atoms with Crippen molar-refractivity contribution in [2.24, 2.45) is 0 Å². The molecule has 38 heavy (non-hydrogen) atoms. The van der Waals surface area contributed by atoms with Crippen LogP contribution < -0.4 is 10.1 Å². The van der Waals surface area contributed by atoms with Gasteiger partial charge in [0, 0.05) is 15.9 Å². The lowest BCUT2D eigenvalue weighted by Gasteiger charge is -2.30. The third-order valence-corrected chi connectivity index (χ3v) is 8.06. The minimum Gasteiger partial charge on any atom is -0.491 e. The highest BCUT2D eigenvalue weighted by atomic mass is 79.9. The molecule has 0 unspecified atom stereocenters. The van der Waals surface area contributed by atoms with Gasteiger partial charge in [-0.15, -0.1) is 11.8 Å². The fraction of sp³-hybridized carbons (Fsp3) is 0.517. The number of thioether (sulfide) groups is 1. The van der Waals surface area contributed by atoms with Gasteiger partial charge in [-0.3, -0.25) is 4.79 Å². The number of ether oxygens (including phenoxy) is 3. The molecule has 1 N–H and O–H groups in total. The first-order valence-electron chi connectivity index (χ1n) is 13.2. The van der Waals surface area contributed by atoms with Crippen LogP contribution in [0.2, 0.25) is 0 Å². The number of hydrogen-bond donors (Lipinski definition) is 1. The number of nitrogens with zero attached hydrogens (tertiary/aromatic N) is 1. The largest absolute Gasteiger partial charge is 0.491 e. The molecule has 4 rings (SSSR count). The molecule has 1 saturated heterocycles. The molecule has 2 aliphatic rings. The van der Waals surface area contributed by atoms with Crippen LogP contribution in [0.15, 0.2) is 57.9 Å². The molecule has 2 heterocycles. The van der Waals surface area contributed by atoms with Crippen LogP contribution in [0.1, 0.15) is 52.0 Å². The van der Waals surface area contributed by atoms with Crippen molar-refractivity contribution in [2.75, 3.05) is 18.9 Å². The van der Waals surface area contributed by atoms with E-state index in [1.54, 1.807) is 11.8 Å². The maximum atomic E-state index is 13.9. The summed E-state index contributed by atoms with van der Waals surface area (Å²) in [6, 6.07) is 15.3. The Morgan fingerprint density at radius 1 is 1.18 bits per heavy atom. The number of alkyl carbamates (subject to hydrolysis) is 1. The number of carbonyl (C=O) groups is 2. The van der Waals surface area contributed by atoms with Crippen molar-refractivity contribution in [3.63, 3.8) is 0 Å². The van der Waals surface area contributed by atoms with E-state index in [0.717, 1.165) is 39.3 Å². The van der Waals surface area contributed by atoms with E-state index in [4.69, 9.17) is 14.2 Å². The van der Waals surface area contributed by atoms with Crippen LogP contribution >= 0.6 is 27.7 Å². The third-order valence-electron chi connectivity index (χ3n) is 6.45. The Morgan fingerprint density at radius 2 is 1.97 bits per heavy atom. The molecule has 2 aliphatic heterocycles. The average molecular weight is 606 g/mol. The number of amides is 2. The third kappa shape index (κ3) is 8.64. The van der Waals surface area contributed by atoms with E-state index in [9.17, 15) is 9.59 Å². The number of halogens is 1. The summed E-state index contributed by atoms with van der Waals surface area (Å²) in [5, 5.41) is 2.86. The van der Waals surface area contributed by atoms with Gasteiger partial charge in [-0.1, -0.05) is 40.5 Å². The van der Waals surface area contributed by atoms with Gasteiger partial charge in [0.1, 0.15) is 24.0 Å². The van der Waals surface area contributed by atoms with Crippen LogP contribution in [-0.2, 0) is 20.9 Å². The Balaban J connectivity index is 1.50. The van der Waals surface area contributed by atoms with Crippen LogP contribution in [-0.4, -0.2) is 59.6 Å². The summed E-state index contributed by atoms with van der Waals surface area (Å²) in [4.78, 5) is 29.5. The van der Waals surface area contributed by atoms with Crippen molar-refractivity contribution in [3.05, 3.63) is 58.6 Å². The molecular weight excluding hydrogens is 568 g/mol. The number of fused-ring (bicyclic) bond motifs is 3. The van der Waals surface area contributed by atoms with E-state index >= 15 is 0 Å². The summed E-state index contributed by atoms with van der Waals surface area (Å²) in [6.07, 6.45) is 2.26. The van der Waals surface area contributed by atoms with E-state index in [0.29, 0.717) is 32.6 Å². The maximum Gasteiger partial charge on any atom is 0.408 e. The molecule has 2 aromatic rings. The molecule has 2 aromatic carbocycles. The second-order valence-electron chi connectivity index (χ2n) is 10.8. The van der Waals surface area contributed by atoms with Gasteiger partial charge in [0.2, 0.25) is 5.91 Å². The lowest BCUT2D eigenvalue weighted by molar-refractivity contribution is -0.135. The molecule has 0 aliphatic carbocycles. The van der Waals surface area contributed by atoms with E-state index in [-0.39, 0.29) is 18.1 Å². The normalized spacial score (nSPS) is 22.7. The monoisotopic (exact) mass is 604 g/mol. The predicted octanol–water partition coefficient (Wildman–Crippen LogP) is 6.18. The molecule has 1 fully saturated rings. The number of rotatable bonds is 4. The second kappa shape index (κ2) is 13.2. The summed E-state index contributed by atoms with van der Waals surface area (Å²) >= 11 is 5.24. The van der Waals surface area contributed by atoms with Crippen molar-refractivity contribution in [1.82, 2.24) is 10.2 Å². The van der Waals surface area contributed by atoms with Gasteiger partial charge in [-0.2, -0.15) is 0 Å². The molecule has 3 atom stereocenters. The molecule has 2 bridgehead atoms. The van der Waals surface area contributed by atoms with Gasteiger partial charge in [0.25, 0.3) is 0 Å². The van der Waals surface area contributed by atoms with E-state index in [1.165, 1.54) is 0 Å². The molecule has 0 spiro atoms. The van der Waals surface area contributed by atoms with E-state index in [1.807, 2.05) is 62.1 Å². The van der Waals surface area contributed by atoms with Gasteiger partial charge < -0.3 is 24.4 Å². The van der Waals surface area contributed by atoms with Crippen LogP contribution in [0.3, 0.4) is 0 Å². The van der Waals surface area contributed by atoms with Crippen molar-refractivity contribution in [1.29, 1.82) is 0 Å².